The van der Waals surface area contributed by atoms with E-state index in [-0.39, 0.29) is 0 Å². The van der Waals surface area contributed by atoms with Gasteiger partial charge in [0.05, 0.1) is 11.4 Å². The molecule has 0 amide bonds. The van der Waals surface area contributed by atoms with Crippen LogP contribution in [-0.2, 0) is 6.54 Å². The first kappa shape index (κ1) is 17.5. The topological polar surface area (TPSA) is 7.12 Å². The third kappa shape index (κ3) is 3.40. The fourth-order valence-corrected chi connectivity index (χ4v) is 4.09. The van der Waals surface area contributed by atoms with E-state index in [9.17, 15) is 0 Å². The van der Waals surface area contributed by atoms with Crippen molar-refractivity contribution in [1.82, 2.24) is 4.90 Å². The number of aryl methyl sites for hydroxylation is 1. The number of nitrogens with zero attached hydrogens (tertiary/aromatic N) is 2. The fraction of sp³-hybridized carbons (Fsp3) is 0.240. The van der Waals surface area contributed by atoms with Gasteiger partial charge in [0.1, 0.15) is 6.54 Å². The second-order valence-electron chi connectivity index (χ2n) is 7.03. The summed E-state index contributed by atoms with van der Waals surface area (Å²) < 4.78 is 2.29. The molecule has 2 atom stereocenters. The van der Waals surface area contributed by atoms with Crippen LogP contribution in [0.4, 0.5) is 0 Å². The van der Waals surface area contributed by atoms with Gasteiger partial charge in [-0.1, -0.05) is 54.7 Å². The normalized spacial score (nSPS) is 22.9. The molecule has 4 rings (SSSR count). The largest absolute Gasteiger partial charge is 0.370 e. The van der Waals surface area contributed by atoms with Gasteiger partial charge in [0.2, 0.25) is 5.52 Å². The number of allylic oxidation sites excluding steroid dienone is 5. The molecule has 2 aromatic rings. The molecule has 1 aromatic carbocycles. The van der Waals surface area contributed by atoms with Crippen molar-refractivity contribution in [2.45, 2.75) is 26.4 Å². The number of hydrogen-bond donors (Lipinski definition) is 0. The van der Waals surface area contributed by atoms with Crippen molar-refractivity contribution in [2.24, 2.45) is 5.92 Å². The molecule has 2 unspecified atom stereocenters. The molecule has 1 aromatic heterocycles. The zero-order chi connectivity index (χ0) is 18.6. The number of hydrogen-bond acceptors (Lipinski definition) is 1. The lowest BCUT2D eigenvalue weighted by atomic mass is 9.84. The minimum Gasteiger partial charge on any atom is -0.370 e. The molecule has 2 nitrogen and oxygen atoms in total. The molecule has 0 spiro atoms. The van der Waals surface area contributed by atoms with E-state index in [1.165, 1.54) is 22.0 Å². The lowest BCUT2D eigenvalue weighted by Crippen LogP contribution is -2.39. The van der Waals surface area contributed by atoms with E-state index >= 15 is 0 Å². The van der Waals surface area contributed by atoms with Crippen LogP contribution in [0.2, 0.25) is 0 Å². The van der Waals surface area contributed by atoms with Crippen LogP contribution in [0.3, 0.4) is 0 Å². The molecule has 2 aliphatic rings. The van der Waals surface area contributed by atoms with E-state index in [0.29, 0.717) is 12.0 Å². The Morgan fingerprint density at radius 2 is 1.93 bits per heavy atom. The number of para-hydroxylation sites is 1. The number of rotatable bonds is 4. The SMILES string of the molecule is CCN1C=C/C(=C\C=C\c2cc[n+](CC)c3ccccc23)C2C=CC=CC21. The lowest BCUT2D eigenvalue weighted by molar-refractivity contribution is -0.667. The van der Waals surface area contributed by atoms with Gasteiger partial charge >= 0.3 is 0 Å². The maximum Gasteiger partial charge on any atom is 0.213 e. The molecular weight excluding hydrogens is 328 g/mol. The minimum atomic E-state index is 0.430. The molecule has 0 radical (unpaired) electrons. The van der Waals surface area contributed by atoms with Gasteiger partial charge in [-0.25, -0.2) is 0 Å². The van der Waals surface area contributed by atoms with Crippen LogP contribution < -0.4 is 4.57 Å². The van der Waals surface area contributed by atoms with E-state index in [2.05, 4.69) is 115 Å². The molecule has 2 heteroatoms. The third-order valence-electron chi connectivity index (χ3n) is 5.56. The molecule has 0 fully saturated rings. The summed E-state index contributed by atoms with van der Waals surface area (Å²) in [6.45, 7) is 6.41. The van der Waals surface area contributed by atoms with Crippen LogP contribution in [0.25, 0.3) is 17.0 Å². The molecule has 0 saturated carbocycles. The highest BCUT2D eigenvalue weighted by atomic mass is 15.1. The molecule has 0 saturated heterocycles. The number of pyridine rings is 1. The van der Waals surface area contributed by atoms with Gasteiger partial charge in [-0.3, -0.25) is 0 Å². The Morgan fingerprint density at radius 3 is 2.78 bits per heavy atom. The summed E-state index contributed by atoms with van der Waals surface area (Å²) in [5.41, 5.74) is 3.91. The lowest BCUT2D eigenvalue weighted by Gasteiger charge is -2.38. The highest BCUT2D eigenvalue weighted by molar-refractivity contribution is 5.85. The van der Waals surface area contributed by atoms with Gasteiger partial charge in [0.25, 0.3) is 0 Å². The third-order valence-corrected chi connectivity index (χ3v) is 5.56. The molecule has 0 bridgehead atoms. The second kappa shape index (κ2) is 7.79. The predicted molar refractivity (Wildman–Crippen MR) is 114 cm³/mol. The van der Waals surface area contributed by atoms with Gasteiger partial charge < -0.3 is 4.90 Å². The van der Waals surface area contributed by atoms with Crippen LogP contribution in [0.15, 0.2) is 90.8 Å². The van der Waals surface area contributed by atoms with Crippen molar-refractivity contribution >= 4 is 17.0 Å². The van der Waals surface area contributed by atoms with Crippen LogP contribution >= 0.6 is 0 Å². The summed E-state index contributed by atoms with van der Waals surface area (Å²) in [6.07, 6.45) is 22.3. The smallest absolute Gasteiger partial charge is 0.213 e. The Kier molecular flexibility index (Phi) is 5.06. The number of benzene rings is 1. The Bertz CT molecular complexity index is 975. The Labute approximate surface area is 162 Å². The van der Waals surface area contributed by atoms with Crippen molar-refractivity contribution < 1.29 is 4.57 Å². The van der Waals surface area contributed by atoms with E-state index in [4.69, 9.17) is 0 Å². The summed E-state index contributed by atoms with van der Waals surface area (Å²) in [5.74, 6) is 0.430. The van der Waals surface area contributed by atoms with E-state index in [0.717, 1.165) is 13.1 Å². The van der Waals surface area contributed by atoms with E-state index in [1.807, 2.05) is 0 Å². The molecule has 1 aliphatic carbocycles. The average molecular weight is 356 g/mol. The van der Waals surface area contributed by atoms with Crippen LogP contribution in [0.1, 0.15) is 19.4 Å². The van der Waals surface area contributed by atoms with Crippen molar-refractivity contribution in [3.63, 3.8) is 0 Å². The molecule has 0 N–H and O–H groups in total. The minimum absolute atomic E-state index is 0.430. The molecule has 1 aliphatic heterocycles. The number of aromatic nitrogens is 1. The predicted octanol–water partition coefficient (Wildman–Crippen LogP) is 5.05. The van der Waals surface area contributed by atoms with Gasteiger partial charge in [-0.2, -0.15) is 4.57 Å². The van der Waals surface area contributed by atoms with Gasteiger partial charge in [-0.05, 0) is 43.3 Å². The highest BCUT2D eigenvalue weighted by Gasteiger charge is 2.27. The molecular formula is C25H27N2+. The summed E-state index contributed by atoms with van der Waals surface area (Å²) >= 11 is 0. The fourth-order valence-electron chi connectivity index (χ4n) is 4.09. The van der Waals surface area contributed by atoms with Crippen LogP contribution in [0, 0.1) is 5.92 Å². The number of likely N-dealkylation sites (N-methyl/N-ethyl adjacent to an activating group) is 1. The molecule has 2 heterocycles. The van der Waals surface area contributed by atoms with Crippen LogP contribution in [-0.4, -0.2) is 17.5 Å². The standard InChI is InChI=1S/C25H27N2/c1-3-26-18-16-20(22-12-5-7-14-24(22)26)10-9-11-21-17-19-27(4-2)25-15-8-6-13-23(21)25/h5-19,22,24H,3-4H2,1-2H3/q+1. The first-order valence-electron chi connectivity index (χ1n) is 9.90. The zero-order valence-corrected chi connectivity index (χ0v) is 16.1. The van der Waals surface area contributed by atoms with Crippen molar-refractivity contribution in [3.8, 4) is 0 Å². The first-order valence-corrected chi connectivity index (χ1v) is 9.90. The molecule has 27 heavy (non-hydrogen) atoms. The van der Waals surface area contributed by atoms with E-state index in [1.54, 1.807) is 0 Å². The van der Waals surface area contributed by atoms with Crippen LogP contribution in [0.5, 0.6) is 0 Å². The van der Waals surface area contributed by atoms with E-state index < -0.39 is 0 Å². The average Bonchev–Trinajstić information content (AvgIpc) is 2.74. The Balaban J connectivity index is 1.65. The summed E-state index contributed by atoms with van der Waals surface area (Å²) in [5, 5.41) is 1.30. The number of fused-ring (bicyclic) bond motifs is 2. The Hall–Kier alpha value is -2.87. The van der Waals surface area contributed by atoms with Crippen molar-refractivity contribution in [2.75, 3.05) is 6.54 Å². The summed E-state index contributed by atoms with van der Waals surface area (Å²) in [6, 6.07) is 11.3. The maximum absolute atomic E-state index is 2.40. The monoisotopic (exact) mass is 355 g/mol. The zero-order valence-electron chi connectivity index (χ0n) is 16.1. The summed E-state index contributed by atoms with van der Waals surface area (Å²) in [7, 11) is 0. The van der Waals surface area contributed by atoms with Gasteiger partial charge in [0, 0.05) is 24.6 Å². The van der Waals surface area contributed by atoms with Gasteiger partial charge in [-0.15, -0.1) is 0 Å². The van der Waals surface area contributed by atoms with Crippen molar-refractivity contribution in [3.05, 3.63) is 96.4 Å². The maximum atomic E-state index is 2.40. The van der Waals surface area contributed by atoms with Crippen molar-refractivity contribution in [1.29, 1.82) is 0 Å². The summed E-state index contributed by atoms with van der Waals surface area (Å²) in [4.78, 5) is 2.40. The first-order chi connectivity index (χ1) is 13.3. The Morgan fingerprint density at radius 1 is 1.07 bits per heavy atom. The molecule has 136 valence electrons. The highest BCUT2D eigenvalue weighted by Crippen LogP contribution is 2.31. The quantitative estimate of drug-likeness (QED) is 0.696. The second-order valence-corrected chi connectivity index (χ2v) is 7.03. The van der Waals surface area contributed by atoms with Gasteiger partial charge in [0.15, 0.2) is 6.20 Å².